The number of nitrogens with one attached hydrogen (secondary N) is 2. The standard InChI is InChI=1S/C17H26N4O3S/c1-18-17(21-14-8-10-25(22,23)12-14)20-11-13-5-4-9-19-16(13)24-15-6-2-3-7-15/h4-5,9,14-15H,2-3,6-8,10-12H2,1H3,(H2,18,20,21). The van der Waals surface area contributed by atoms with E-state index in [9.17, 15) is 8.42 Å². The number of hydrogen-bond donors (Lipinski definition) is 2. The topological polar surface area (TPSA) is 92.7 Å². The molecule has 25 heavy (non-hydrogen) atoms. The summed E-state index contributed by atoms with van der Waals surface area (Å²) < 4.78 is 29.2. The van der Waals surface area contributed by atoms with Crippen LogP contribution in [-0.2, 0) is 16.4 Å². The zero-order valence-corrected chi connectivity index (χ0v) is 15.4. The van der Waals surface area contributed by atoms with Crippen LogP contribution >= 0.6 is 0 Å². The van der Waals surface area contributed by atoms with E-state index >= 15 is 0 Å². The molecule has 8 heteroatoms. The SMILES string of the molecule is CN=C(NCc1cccnc1OC1CCCC1)NC1CCS(=O)(=O)C1. The molecule has 2 fully saturated rings. The molecule has 1 atom stereocenters. The van der Waals surface area contributed by atoms with Gasteiger partial charge in [0.15, 0.2) is 15.8 Å². The Morgan fingerprint density at radius 3 is 2.84 bits per heavy atom. The third-order valence-electron chi connectivity index (χ3n) is 4.67. The first-order chi connectivity index (χ1) is 12.1. The Balaban J connectivity index is 1.56. The first-order valence-electron chi connectivity index (χ1n) is 8.84. The van der Waals surface area contributed by atoms with Gasteiger partial charge in [-0.25, -0.2) is 13.4 Å². The molecule has 1 aromatic rings. The predicted molar refractivity (Wildman–Crippen MR) is 97.5 cm³/mol. The molecule has 1 unspecified atom stereocenters. The van der Waals surface area contributed by atoms with Crippen molar-refractivity contribution in [2.24, 2.45) is 4.99 Å². The van der Waals surface area contributed by atoms with Crippen LogP contribution in [0.25, 0.3) is 0 Å². The van der Waals surface area contributed by atoms with Crippen molar-refractivity contribution in [2.75, 3.05) is 18.6 Å². The highest BCUT2D eigenvalue weighted by Crippen LogP contribution is 2.24. The zero-order valence-electron chi connectivity index (χ0n) is 14.6. The molecule has 1 aliphatic carbocycles. The maximum Gasteiger partial charge on any atom is 0.218 e. The third kappa shape index (κ3) is 5.07. The Kier molecular flexibility index (Phi) is 5.78. The van der Waals surface area contributed by atoms with E-state index in [0.29, 0.717) is 24.8 Å². The van der Waals surface area contributed by atoms with E-state index in [0.717, 1.165) is 18.4 Å². The van der Waals surface area contributed by atoms with Crippen molar-refractivity contribution in [3.63, 3.8) is 0 Å². The van der Waals surface area contributed by atoms with Gasteiger partial charge in [-0.3, -0.25) is 4.99 Å². The summed E-state index contributed by atoms with van der Waals surface area (Å²) in [5, 5.41) is 6.41. The van der Waals surface area contributed by atoms with Gasteiger partial charge >= 0.3 is 0 Å². The number of hydrogen-bond acceptors (Lipinski definition) is 5. The first-order valence-corrected chi connectivity index (χ1v) is 10.7. The molecule has 2 N–H and O–H groups in total. The maximum atomic E-state index is 11.6. The van der Waals surface area contributed by atoms with E-state index in [4.69, 9.17) is 4.74 Å². The quantitative estimate of drug-likeness (QED) is 0.602. The van der Waals surface area contributed by atoms with E-state index < -0.39 is 9.84 Å². The second-order valence-corrected chi connectivity index (χ2v) is 8.89. The summed E-state index contributed by atoms with van der Waals surface area (Å²) in [5.74, 6) is 1.67. The highest BCUT2D eigenvalue weighted by molar-refractivity contribution is 7.91. The number of nitrogens with zero attached hydrogens (tertiary/aromatic N) is 2. The number of rotatable bonds is 5. The fourth-order valence-electron chi connectivity index (χ4n) is 3.30. The van der Waals surface area contributed by atoms with Crippen molar-refractivity contribution >= 4 is 15.8 Å². The van der Waals surface area contributed by atoms with Gasteiger partial charge in [-0.2, -0.15) is 0 Å². The van der Waals surface area contributed by atoms with Crippen molar-refractivity contribution in [1.82, 2.24) is 15.6 Å². The molecular formula is C17H26N4O3S. The zero-order chi connectivity index (χ0) is 17.7. The van der Waals surface area contributed by atoms with Gasteiger partial charge in [-0.05, 0) is 38.2 Å². The Labute approximate surface area is 149 Å². The van der Waals surface area contributed by atoms with Crippen molar-refractivity contribution in [1.29, 1.82) is 0 Å². The summed E-state index contributed by atoms with van der Waals surface area (Å²) in [4.78, 5) is 8.55. The van der Waals surface area contributed by atoms with Gasteiger partial charge in [0, 0.05) is 31.4 Å². The highest BCUT2D eigenvalue weighted by Gasteiger charge is 2.28. The molecule has 1 aliphatic heterocycles. The van der Waals surface area contributed by atoms with E-state index in [1.165, 1.54) is 12.8 Å². The molecule has 0 bridgehead atoms. The van der Waals surface area contributed by atoms with E-state index in [1.807, 2.05) is 12.1 Å². The van der Waals surface area contributed by atoms with Gasteiger partial charge in [0.2, 0.25) is 5.88 Å². The Morgan fingerprint density at radius 1 is 1.36 bits per heavy atom. The van der Waals surface area contributed by atoms with Crippen LogP contribution < -0.4 is 15.4 Å². The summed E-state index contributed by atoms with van der Waals surface area (Å²) in [6.45, 7) is 0.523. The van der Waals surface area contributed by atoms with Gasteiger partial charge in [0.25, 0.3) is 0 Å². The Morgan fingerprint density at radius 2 is 2.16 bits per heavy atom. The van der Waals surface area contributed by atoms with E-state index in [-0.39, 0.29) is 23.7 Å². The minimum absolute atomic E-state index is 0.0840. The second kappa shape index (κ2) is 8.03. The van der Waals surface area contributed by atoms with Crippen LogP contribution in [0, 0.1) is 0 Å². The Bertz CT molecular complexity index is 714. The van der Waals surface area contributed by atoms with Crippen LogP contribution in [0.4, 0.5) is 0 Å². The second-order valence-electron chi connectivity index (χ2n) is 6.66. The van der Waals surface area contributed by atoms with Gasteiger partial charge in [-0.1, -0.05) is 6.07 Å². The largest absolute Gasteiger partial charge is 0.474 e. The lowest BCUT2D eigenvalue weighted by molar-refractivity contribution is 0.199. The summed E-state index contributed by atoms with van der Waals surface area (Å²) in [5.41, 5.74) is 0.969. The molecule has 0 spiro atoms. The van der Waals surface area contributed by atoms with Gasteiger partial charge in [0.1, 0.15) is 6.10 Å². The van der Waals surface area contributed by atoms with Crippen LogP contribution in [0.5, 0.6) is 5.88 Å². The van der Waals surface area contributed by atoms with Crippen molar-refractivity contribution < 1.29 is 13.2 Å². The Hall–Kier alpha value is -1.83. The van der Waals surface area contributed by atoms with Crippen LogP contribution in [0.1, 0.15) is 37.7 Å². The number of sulfone groups is 1. The molecule has 0 radical (unpaired) electrons. The van der Waals surface area contributed by atoms with Crippen LogP contribution in [0.3, 0.4) is 0 Å². The monoisotopic (exact) mass is 366 g/mol. The fraction of sp³-hybridized carbons (Fsp3) is 0.647. The molecule has 138 valence electrons. The average Bonchev–Trinajstić information content (AvgIpc) is 3.22. The number of pyridine rings is 1. The third-order valence-corrected chi connectivity index (χ3v) is 6.44. The summed E-state index contributed by atoms with van der Waals surface area (Å²) >= 11 is 0. The minimum Gasteiger partial charge on any atom is -0.474 e. The van der Waals surface area contributed by atoms with Crippen LogP contribution in [0.2, 0.25) is 0 Å². The van der Waals surface area contributed by atoms with Crippen molar-refractivity contribution in [3.05, 3.63) is 23.9 Å². The average molecular weight is 366 g/mol. The molecule has 7 nitrogen and oxygen atoms in total. The highest BCUT2D eigenvalue weighted by atomic mass is 32.2. The number of aliphatic imine (C=N–C) groups is 1. The molecule has 0 amide bonds. The fourth-order valence-corrected chi connectivity index (χ4v) is 4.98. The summed E-state index contributed by atoms with van der Waals surface area (Å²) in [6.07, 6.45) is 7.22. The molecule has 1 aromatic heterocycles. The lowest BCUT2D eigenvalue weighted by atomic mass is 10.2. The molecular weight excluding hydrogens is 340 g/mol. The number of aromatic nitrogens is 1. The normalized spacial score (nSPS) is 23.6. The van der Waals surface area contributed by atoms with Crippen LogP contribution in [-0.4, -0.2) is 50.1 Å². The van der Waals surface area contributed by atoms with Gasteiger partial charge < -0.3 is 15.4 Å². The lowest BCUT2D eigenvalue weighted by Gasteiger charge is -2.18. The van der Waals surface area contributed by atoms with Crippen molar-refractivity contribution in [2.45, 2.75) is 50.8 Å². The number of guanidine groups is 1. The molecule has 1 saturated heterocycles. The molecule has 3 rings (SSSR count). The first kappa shape index (κ1) is 18.0. The van der Waals surface area contributed by atoms with Crippen LogP contribution in [0.15, 0.2) is 23.3 Å². The lowest BCUT2D eigenvalue weighted by Crippen LogP contribution is -2.43. The smallest absolute Gasteiger partial charge is 0.218 e. The molecule has 1 saturated carbocycles. The predicted octanol–water partition coefficient (Wildman–Crippen LogP) is 1.26. The minimum atomic E-state index is -2.91. The van der Waals surface area contributed by atoms with Crippen molar-refractivity contribution in [3.8, 4) is 5.88 Å². The maximum absolute atomic E-state index is 11.6. The molecule has 2 aliphatic rings. The number of ether oxygens (including phenoxy) is 1. The molecule has 0 aromatic carbocycles. The molecule has 2 heterocycles. The summed E-state index contributed by atoms with van der Waals surface area (Å²) in [7, 11) is -1.23. The van der Waals surface area contributed by atoms with Gasteiger partial charge in [0.05, 0.1) is 11.5 Å². The van der Waals surface area contributed by atoms with E-state index in [1.54, 1.807) is 13.2 Å². The van der Waals surface area contributed by atoms with E-state index in [2.05, 4.69) is 20.6 Å². The van der Waals surface area contributed by atoms with Gasteiger partial charge in [-0.15, -0.1) is 0 Å². The summed E-state index contributed by atoms with van der Waals surface area (Å²) in [6, 6.07) is 3.79.